The van der Waals surface area contributed by atoms with E-state index in [1.54, 1.807) is 6.07 Å². The van der Waals surface area contributed by atoms with Crippen LogP contribution < -0.4 is 5.56 Å². The molecule has 0 saturated carbocycles. The molecule has 0 aliphatic carbocycles. The first-order valence-electron chi connectivity index (χ1n) is 2.17. The minimum absolute atomic E-state index is 0. The first kappa shape index (κ1) is 8.04. The fourth-order valence-corrected chi connectivity index (χ4v) is 0.413. The molecule has 9 heavy (non-hydrogen) atoms. The predicted octanol–water partition coefficient (Wildman–Crippen LogP) is 0.502. The van der Waals surface area contributed by atoms with E-state index in [9.17, 15) is 4.79 Å². The van der Waals surface area contributed by atoms with Gasteiger partial charge in [0.25, 0.3) is 5.56 Å². The second kappa shape index (κ2) is 3.14. The lowest BCUT2D eigenvalue weighted by molar-refractivity contribution is 0.466. The molecule has 0 unspecified atom stereocenters. The summed E-state index contributed by atoms with van der Waals surface area (Å²) in [4.78, 5) is 12.6. The molecule has 0 saturated heterocycles. The van der Waals surface area contributed by atoms with Crippen LogP contribution in [0.4, 0.5) is 0 Å². The maximum atomic E-state index is 10.3. The second-order valence-corrected chi connectivity index (χ2v) is 1.38. The topological polar surface area (TPSA) is 53.1 Å². The maximum absolute atomic E-state index is 10.3. The lowest BCUT2D eigenvalue weighted by Crippen LogP contribution is -2.01. The van der Waals surface area contributed by atoms with E-state index in [0.29, 0.717) is 0 Å². The molecule has 1 rings (SSSR count). The van der Waals surface area contributed by atoms with Crippen molar-refractivity contribution in [1.82, 2.24) is 4.98 Å². The van der Waals surface area contributed by atoms with Crippen LogP contribution in [0.15, 0.2) is 23.1 Å². The summed E-state index contributed by atoms with van der Waals surface area (Å²) in [6.07, 6.45) is 1.46. The normalized spacial score (nSPS) is 8.00. The van der Waals surface area contributed by atoms with Crippen molar-refractivity contribution >= 4 is 12.4 Å². The van der Waals surface area contributed by atoms with E-state index in [0.717, 1.165) is 0 Å². The Morgan fingerprint density at radius 1 is 1.56 bits per heavy atom. The highest BCUT2D eigenvalue weighted by molar-refractivity contribution is 5.85. The molecule has 50 valence electrons. The largest absolute Gasteiger partial charge is 0.503 e. The van der Waals surface area contributed by atoms with Crippen molar-refractivity contribution in [2.24, 2.45) is 0 Å². The lowest BCUT2D eigenvalue weighted by Gasteiger charge is -1.83. The van der Waals surface area contributed by atoms with Crippen molar-refractivity contribution in [3.05, 3.63) is 28.7 Å². The van der Waals surface area contributed by atoms with E-state index in [1.165, 1.54) is 12.3 Å². The molecule has 0 atom stereocenters. The molecule has 1 aromatic rings. The first-order chi connectivity index (χ1) is 3.80. The molecule has 0 aromatic carbocycles. The number of hydrogen-bond donors (Lipinski definition) is 2. The highest BCUT2D eigenvalue weighted by Crippen LogP contribution is 1.92. The molecule has 0 radical (unpaired) electrons. The summed E-state index contributed by atoms with van der Waals surface area (Å²) in [7, 11) is 0. The van der Waals surface area contributed by atoms with Crippen LogP contribution in [-0.4, -0.2) is 10.1 Å². The van der Waals surface area contributed by atoms with Gasteiger partial charge in [-0.1, -0.05) is 0 Å². The van der Waals surface area contributed by atoms with E-state index in [-0.39, 0.29) is 18.2 Å². The Bertz CT molecular complexity index is 232. The van der Waals surface area contributed by atoms with E-state index in [1.807, 2.05) is 0 Å². The quantitative estimate of drug-likeness (QED) is 0.562. The lowest BCUT2D eigenvalue weighted by atomic mass is 10.5. The van der Waals surface area contributed by atoms with Crippen molar-refractivity contribution < 1.29 is 5.11 Å². The number of aromatic amines is 1. The molecule has 0 aliphatic heterocycles. The number of aromatic nitrogens is 1. The molecule has 0 aliphatic rings. The van der Waals surface area contributed by atoms with Gasteiger partial charge in [-0.2, -0.15) is 0 Å². The van der Waals surface area contributed by atoms with Gasteiger partial charge in [-0.05, 0) is 12.1 Å². The Labute approximate surface area is 57.8 Å². The van der Waals surface area contributed by atoms with Crippen LogP contribution in [0.5, 0.6) is 5.75 Å². The van der Waals surface area contributed by atoms with Gasteiger partial charge < -0.3 is 10.1 Å². The second-order valence-electron chi connectivity index (χ2n) is 1.38. The van der Waals surface area contributed by atoms with Crippen molar-refractivity contribution in [2.75, 3.05) is 0 Å². The van der Waals surface area contributed by atoms with Gasteiger partial charge >= 0.3 is 0 Å². The Morgan fingerprint density at radius 2 is 2.22 bits per heavy atom. The molecule has 0 spiro atoms. The molecule has 1 aromatic heterocycles. The van der Waals surface area contributed by atoms with Crippen molar-refractivity contribution in [3.63, 3.8) is 0 Å². The average molecular weight is 148 g/mol. The summed E-state index contributed by atoms with van der Waals surface area (Å²) < 4.78 is 0. The predicted molar refractivity (Wildman–Crippen MR) is 36.0 cm³/mol. The molecule has 0 bridgehead atoms. The highest BCUT2D eigenvalue weighted by atomic mass is 35.5. The zero-order chi connectivity index (χ0) is 5.98. The third kappa shape index (κ3) is 1.77. The smallest absolute Gasteiger partial charge is 0.290 e. The van der Waals surface area contributed by atoms with Gasteiger partial charge in [-0.3, -0.25) is 4.79 Å². The summed E-state index contributed by atoms with van der Waals surface area (Å²) in [5, 5.41) is 8.58. The van der Waals surface area contributed by atoms with Gasteiger partial charge in [-0.25, -0.2) is 0 Å². The molecule has 0 fully saturated rings. The summed E-state index contributed by atoms with van der Waals surface area (Å²) in [5.41, 5.74) is -0.451. The Kier molecular flexibility index (Phi) is 2.81. The summed E-state index contributed by atoms with van der Waals surface area (Å²) in [6.45, 7) is 0. The van der Waals surface area contributed by atoms with Crippen molar-refractivity contribution in [1.29, 1.82) is 0 Å². The van der Waals surface area contributed by atoms with Crippen LogP contribution >= 0.6 is 12.4 Å². The number of pyridine rings is 1. The highest BCUT2D eigenvalue weighted by Gasteiger charge is 1.87. The summed E-state index contributed by atoms with van der Waals surface area (Å²) in [5.74, 6) is -0.243. The minimum atomic E-state index is -0.451. The van der Waals surface area contributed by atoms with Gasteiger partial charge in [0.05, 0.1) is 0 Å². The van der Waals surface area contributed by atoms with E-state index >= 15 is 0 Å². The van der Waals surface area contributed by atoms with Gasteiger partial charge in [0, 0.05) is 6.20 Å². The van der Waals surface area contributed by atoms with E-state index < -0.39 is 5.56 Å². The maximum Gasteiger partial charge on any atom is 0.290 e. The monoisotopic (exact) mass is 147 g/mol. The Morgan fingerprint density at radius 3 is 2.56 bits per heavy atom. The number of rotatable bonds is 0. The first-order valence-corrected chi connectivity index (χ1v) is 2.17. The van der Waals surface area contributed by atoms with Gasteiger partial charge in [0.15, 0.2) is 5.75 Å². The van der Waals surface area contributed by atoms with Crippen molar-refractivity contribution in [2.45, 2.75) is 0 Å². The van der Waals surface area contributed by atoms with Crippen molar-refractivity contribution in [3.8, 4) is 5.75 Å². The number of H-pyrrole nitrogens is 1. The summed E-state index contributed by atoms with van der Waals surface area (Å²) in [6, 6.07) is 2.88. The standard InChI is InChI=1S/C5H5NO2.ClH/c7-4-2-1-3-6-5(4)8;/h1-3,7H,(H,6,8);1H. The number of hydrogen-bond acceptors (Lipinski definition) is 2. The van der Waals surface area contributed by atoms with E-state index in [4.69, 9.17) is 5.11 Å². The van der Waals surface area contributed by atoms with Gasteiger partial charge in [0.1, 0.15) is 0 Å². The van der Waals surface area contributed by atoms with Crippen LogP contribution in [-0.2, 0) is 0 Å². The third-order valence-electron chi connectivity index (χ3n) is 0.797. The average Bonchev–Trinajstić information content (AvgIpc) is 1.77. The van der Waals surface area contributed by atoms with Gasteiger partial charge in [0.2, 0.25) is 0 Å². The van der Waals surface area contributed by atoms with Crippen LogP contribution in [0, 0.1) is 0 Å². The van der Waals surface area contributed by atoms with Gasteiger partial charge in [-0.15, -0.1) is 12.4 Å². The van der Waals surface area contributed by atoms with Crippen LogP contribution in [0.3, 0.4) is 0 Å². The Balaban J connectivity index is 0.000000640. The van der Waals surface area contributed by atoms with Crippen LogP contribution in [0.2, 0.25) is 0 Å². The zero-order valence-electron chi connectivity index (χ0n) is 4.50. The molecule has 3 nitrogen and oxygen atoms in total. The fourth-order valence-electron chi connectivity index (χ4n) is 0.413. The molecule has 4 heteroatoms. The molecular weight excluding hydrogens is 142 g/mol. The minimum Gasteiger partial charge on any atom is -0.503 e. The number of nitrogens with one attached hydrogen (secondary N) is 1. The molecule has 2 N–H and O–H groups in total. The fraction of sp³-hybridized carbons (Fsp3) is 0. The molecule has 0 amide bonds. The van der Waals surface area contributed by atoms with E-state index in [2.05, 4.69) is 4.98 Å². The number of aromatic hydroxyl groups is 1. The third-order valence-corrected chi connectivity index (χ3v) is 0.797. The number of halogens is 1. The Hall–Kier alpha value is -0.960. The summed E-state index contributed by atoms with van der Waals surface area (Å²) >= 11 is 0. The zero-order valence-corrected chi connectivity index (χ0v) is 5.31. The molecule has 1 heterocycles. The van der Waals surface area contributed by atoms with Crippen LogP contribution in [0.1, 0.15) is 0 Å². The molecular formula is C5H6ClNO2. The van der Waals surface area contributed by atoms with Crippen LogP contribution in [0.25, 0.3) is 0 Å². The SMILES string of the molecule is Cl.O=c1[nH]cccc1O.